The van der Waals surface area contributed by atoms with Crippen LogP contribution in [-0.4, -0.2) is 50.8 Å². The van der Waals surface area contributed by atoms with E-state index in [2.05, 4.69) is 17.1 Å². The lowest BCUT2D eigenvalue weighted by Gasteiger charge is -2.23. The van der Waals surface area contributed by atoms with Crippen LogP contribution in [0.2, 0.25) is 0 Å². The number of likely N-dealkylation sites (N-methyl/N-ethyl adjacent to an activating group) is 1. The zero-order chi connectivity index (χ0) is 8.97. The average Bonchev–Trinajstić information content (AvgIpc) is 2.52. The highest BCUT2D eigenvalue weighted by Gasteiger charge is 2.24. The Morgan fingerprint density at radius 3 is 2.92 bits per heavy atom. The number of nitrogens with zero attached hydrogens (tertiary/aromatic N) is 1. The summed E-state index contributed by atoms with van der Waals surface area (Å²) in [5.74, 6) is 0. The van der Waals surface area contributed by atoms with E-state index in [1.807, 2.05) is 7.05 Å². The highest BCUT2D eigenvalue weighted by molar-refractivity contribution is 4.82. The van der Waals surface area contributed by atoms with Gasteiger partial charge in [-0.15, -0.1) is 0 Å². The van der Waals surface area contributed by atoms with Crippen molar-refractivity contribution in [1.82, 2.24) is 10.2 Å². The van der Waals surface area contributed by atoms with Gasteiger partial charge in [0.25, 0.3) is 0 Å². The van der Waals surface area contributed by atoms with Crippen molar-refractivity contribution in [3.05, 3.63) is 0 Å². The second-order valence-electron chi connectivity index (χ2n) is 3.57. The molecule has 1 aliphatic rings. The molecule has 0 aromatic carbocycles. The van der Waals surface area contributed by atoms with Crippen molar-refractivity contribution in [2.24, 2.45) is 0 Å². The molecule has 72 valence electrons. The summed E-state index contributed by atoms with van der Waals surface area (Å²) in [6.07, 6.45) is 1.27. The molecule has 1 fully saturated rings. The summed E-state index contributed by atoms with van der Waals surface area (Å²) >= 11 is 0. The average molecular weight is 172 g/mol. The molecule has 0 radical (unpaired) electrons. The maximum absolute atomic E-state index is 5.12. The zero-order valence-corrected chi connectivity index (χ0v) is 8.34. The van der Waals surface area contributed by atoms with Crippen LogP contribution in [0.5, 0.6) is 0 Å². The third-order valence-electron chi connectivity index (χ3n) is 2.66. The quantitative estimate of drug-likeness (QED) is 0.661. The first kappa shape index (κ1) is 9.96. The van der Waals surface area contributed by atoms with Gasteiger partial charge in [-0.3, -0.25) is 4.90 Å². The van der Waals surface area contributed by atoms with E-state index in [9.17, 15) is 0 Å². The summed E-state index contributed by atoms with van der Waals surface area (Å²) in [5, 5.41) is 3.31. The van der Waals surface area contributed by atoms with Gasteiger partial charge >= 0.3 is 0 Å². The van der Waals surface area contributed by atoms with Crippen molar-refractivity contribution in [1.29, 1.82) is 0 Å². The summed E-state index contributed by atoms with van der Waals surface area (Å²) in [7, 11) is 3.80. The summed E-state index contributed by atoms with van der Waals surface area (Å²) < 4.78 is 5.12. The van der Waals surface area contributed by atoms with E-state index in [1.54, 1.807) is 7.11 Å². The lowest BCUT2D eigenvalue weighted by Crippen LogP contribution is -2.37. The van der Waals surface area contributed by atoms with Gasteiger partial charge in [0.15, 0.2) is 0 Å². The Balaban J connectivity index is 2.25. The Labute approximate surface area is 75.1 Å². The predicted octanol–water partition coefficient (Wildman–Crippen LogP) is 0.315. The molecule has 1 saturated heterocycles. The van der Waals surface area contributed by atoms with Gasteiger partial charge in [-0.1, -0.05) is 0 Å². The van der Waals surface area contributed by atoms with Crippen molar-refractivity contribution in [3.8, 4) is 0 Å². The number of hydrogen-bond donors (Lipinski definition) is 1. The number of ether oxygens (including phenoxy) is 1. The normalized spacial score (nSPS) is 27.8. The van der Waals surface area contributed by atoms with Crippen LogP contribution in [0.15, 0.2) is 0 Å². The minimum absolute atomic E-state index is 0.563. The summed E-state index contributed by atoms with van der Waals surface area (Å²) in [6.45, 7) is 5.44. The van der Waals surface area contributed by atoms with Crippen LogP contribution in [0.4, 0.5) is 0 Å². The lowest BCUT2D eigenvalue weighted by molar-refractivity contribution is 0.113. The number of hydrogen-bond acceptors (Lipinski definition) is 3. The molecule has 0 aromatic rings. The first-order valence-electron chi connectivity index (χ1n) is 4.68. The Morgan fingerprint density at radius 1 is 1.67 bits per heavy atom. The molecule has 1 heterocycles. The van der Waals surface area contributed by atoms with E-state index in [-0.39, 0.29) is 0 Å². The van der Waals surface area contributed by atoms with Crippen LogP contribution in [0.25, 0.3) is 0 Å². The van der Waals surface area contributed by atoms with Crippen molar-refractivity contribution in [2.45, 2.75) is 25.4 Å². The van der Waals surface area contributed by atoms with Crippen LogP contribution in [0.1, 0.15) is 13.3 Å². The lowest BCUT2D eigenvalue weighted by atomic mass is 10.3. The largest absolute Gasteiger partial charge is 0.383 e. The fourth-order valence-electron chi connectivity index (χ4n) is 1.77. The van der Waals surface area contributed by atoms with Crippen LogP contribution in [0, 0.1) is 0 Å². The molecule has 1 rings (SSSR count). The molecule has 0 spiro atoms. The van der Waals surface area contributed by atoms with Gasteiger partial charge in [0.1, 0.15) is 0 Å². The van der Waals surface area contributed by atoms with E-state index < -0.39 is 0 Å². The van der Waals surface area contributed by atoms with Crippen molar-refractivity contribution in [2.75, 3.05) is 33.9 Å². The molecule has 2 atom stereocenters. The van der Waals surface area contributed by atoms with Gasteiger partial charge in [-0.2, -0.15) is 0 Å². The molecule has 1 N–H and O–H groups in total. The fourth-order valence-corrected chi connectivity index (χ4v) is 1.77. The summed E-state index contributed by atoms with van der Waals surface area (Å²) in [4.78, 5) is 2.48. The second kappa shape index (κ2) is 4.80. The zero-order valence-electron chi connectivity index (χ0n) is 8.34. The number of methoxy groups -OCH3 is 1. The minimum Gasteiger partial charge on any atom is -0.383 e. The third kappa shape index (κ3) is 2.44. The molecule has 3 heteroatoms. The second-order valence-corrected chi connectivity index (χ2v) is 3.57. The standard InChI is InChI=1S/C9H20N2O/c1-8(7-12-3)11-5-4-9(6-11)10-2/h8-10H,4-7H2,1-3H3. The molecule has 2 unspecified atom stereocenters. The van der Waals surface area contributed by atoms with Gasteiger partial charge in [-0.05, 0) is 20.4 Å². The molecular formula is C9H20N2O. The maximum atomic E-state index is 5.12. The molecule has 0 aliphatic carbocycles. The van der Waals surface area contributed by atoms with Crippen molar-refractivity contribution < 1.29 is 4.74 Å². The Morgan fingerprint density at radius 2 is 2.42 bits per heavy atom. The molecule has 1 aliphatic heterocycles. The monoisotopic (exact) mass is 172 g/mol. The van der Waals surface area contributed by atoms with Gasteiger partial charge in [0.2, 0.25) is 0 Å². The molecule has 0 saturated carbocycles. The summed E-state index contributed by atoms with van der Waals surface area (Å²) in [5.41, 5.74) is 0. The van der Waals surface area contributed by atoms with E-state index in [1.165, 1.54) is 19.5 Å². The number of likely N-dealkylation sites (tertiary alicyclic amines) is 1. The third-order valence-corrected chi connectivity index (χ3v) is 2.66. The van der Waals surface area contributed by atoms with E-state index >= 15 is 0 Å². The molecule has 0 aromatic heterocycles. The molecule has 12 heavy (non-hydrogen) atoms. The van der Waals surface area contributed by atoms with Crippen LogP contribution in [0.3, 0.4) is 0 Å². The predicted molar refractivity (Wildman–Crippen MR) is 50.4 cm³/mol. The number of rotatable bonds is 4. The minimum atomic E-state index is 0.563. The topological polar surface area (TPSA) is 24.5 Å². The van der Waals surface area contributed by atoms with E-state index in [4.69, 9.17) is 4.74 Å². The Kier molecular flexibility index (Phi) is 3.98. The van der Waals surface area contributed by atoms with Crippen LogP contribution < -0.4 is 5.32 Å². The maximum Gasteiger partial charge on any atom is 0.0615 e. The Bertz CT molecular complexity index is 130. The summed E-state index contributed by atoms with van der Waals surface area (Å²) in [6, 6.07) is 1.25. The smallest absolute Gasteiger partial charge is 0.0615 e. The van der Waals surface area contributed by atoms with Gasteiger partial charge in [0, 0.05) is 32.3 Å². The van der Waals surface area contributed by atoms with Crippen LogP contribution in [-0.2, 0) is 4.74 Å². The highest BCUT2D eigenvalue weighted by Crippen LogP contribution is 2.12. The first-order chi connectivity index (χ1) is 5.77. The van der Waals surface area contributed by atoms with Gasteiger partial charge in [-0.25, -0.2) is 0 Å². The first-order valence-corrected chi connectivity index (χ1v) is 4.68. The van der Waals surface area contributed by atoms with Crippen molar-refractivity contribution >= 4 is 0 Å². The molecule has 0 amide bonds. The van der Waals surface area contributed by atoms with E-state index in [0.717, 1.165) is 6.61 Å². The van der Waals surface area contributed by atoms with Crippen LogP contribution >= 0.6 is 0 Å². The SMILES string of the molecule is CNC1CCN(C(C)COC)C1. The van der Waals surface area contributed by atoms with E-state index in [0.29, 0.717) is 12.1 Å². The van der Waals surface area contributed by atoms with Crippen molar-refractivity contribution in [3.63, 3.8) is 0 Å². The van der Waals surface area contributed by atoms with Gasteiger partial charge < -0.3 is 10.1 Å². The Hall–Kier alpha value is -0.120. The molecule has 0 bridgehead atoms. The molecule has 3 nitrogen and oxygen atoms in total. The van der Waals surface area contributed by atoms with Gasteiger partial charge in [0.05, 0.1) is 6.61 Å². The fraction of sp³-hybridized carbons (Fsp3) is 1.00. The number of nitrogens with one attached hydrogen (secondary N) is 1. The molecular weight excluding hydrogens is 152 g/mol. The highest BCUT2D eigenvalue weighted by atomic mass is 16.5.